The molecule has 5 nitrogen and oxygen atoms in total. The summed E-state index contributed by atoms with van der Waals surface area (Å²) in [4.78, 5) is 8.89. The molecule has 1 aromatic heterocycles. The first-order valence-electron chi connectivity index (χ1n) is 11.1. The highest BCUT2D eigenvalue weighted by atomic mass is 32.1. The van der Waals surface area contributed by atoms with Crippen LogP contribution in [0, 0.1) is 6.92 Å². The molecule has 0 saturated carbocycles. The fraction of sp³-hybridized carbons (Fsp3) is 0.185. The average Bonchev–Trinajstić information content (AvgIpc) is 3.30. The first-order valence-corrected chi connectivity index (χ1v) is 11.5. The molecule has 0 fully saturated rings. The Hall–Kier alpha value is -3.64. The van der Waals surface area contributed by atoms with Crippen LogP contribution in [0.2, 0.25) is 0 Å². The van der Waals surface area contributed by atoms with E-state index in [2.05, 4.69) is 82.9 Å². The number of nitrogens with one attached hydrogen (secondary N) is 1. The topological polar surface area (TPSA) is 53.4 Å². The van der Waals surface area contributed by atoms with Crippen LogP contribution < -0.4 is 5.32 Å². The van der Waals surface area contributed by atoms with Gasteiger partial charge in [0.15, 0.2) is 5.11 Å². The Bertz CT molecular complexity index is 1300. The third-order valence-corrected chi connectivity index (χ3v) is 6.25. The third-order valence-electron chi connectivity index (χ3n) is 5.91. The van der Waals surface area contributed by atoms with E-state index in [-0.39, 0.29) is 6.04 Å². The number of hydrogen-bond acceptors (Lipinski definition) is 4. The molecule has 1 aliphatic heterocycles. The van der Waals surface area contributed by atoms with Gasteiger partial charge in [0.2, 0.25) is 0 Å². The maximum Gasteiger partial charge on any atom is 0.190 e. The number of aromatic nitrogens is 2. The molecule has 0 amide bonds. The van der Waals surface area contributed by atoms with Crippen molar-refractivity contribution < 1.29 is 0 Å². The molecule has 33 heavy (non-hydrogen) atoms. The normalized spacial score (nSPS) is 15.5. The maximum atomic E-state index is 5.81. The summed E-state index contributed by atoms with van der Waals surface area (Å²) in [7, 11) is 0. The zero-order chi connectivity index (χ0) is 22.6. The molecule has 0 bridgehead atoms. The van der Waals surface area contributed by atoms with Gasteiger partial charge < -0.3 is 5.32 Å². The number of aryl methyl sites for hydroxylation is 1. The molecule has 0 unspecified atom stereocenters. The van der Waals surface area contributed by atoms with E-state index in [0.717, 1.165) is 47.3 Å². The van der Waals surface area contributed by atoms with Gasteiger partial charge in [0.25, 0.3) is 0 Å². The standard InChI is InChI=1S/C27H25N5S/c1-19-7-9-21(10-8-19)24-18-26(22-11-12-23-25(17-22)29-16-15-28-23)32(31-24)27(33)30-14-13-20-5-3-2-4-6-20/h2-12,15-17,26H,13-14,18H2,1H3,(H,30,33)/t26-/m1/s1. The fourth-order valence-electron chi connectivity index (χ4n) is 4.10. The molecule has 0 spiro atoms. The van der Waals surface area contributed by atoms with Gasteiger partial charge in [0.1, 0.15) is 0 Å². The van der Waals surface area contributed by atoms with E-state index in [1.165, 1.54) is 11.1 Å². The second kappa shape index (κ2) is 9.46. The largest absolute Gasteiger partial charge is 0.361 e. The lowest BCUT2D eigenvalue weighted by atomic mass is 9.97. The maximum absolute atomic E-state index is 5.81. The van der Waals surface area contributed by atoms with Crippen molar-refractivity contribution in [2.75, 3.05) is 6.54 Å². The van der Waals surface area contributed by atoms with Gasteiger partial charge in [-0.2, -0.15) is 5.10 Å². The van der Waals surface area contributed by atoms with Crippen LogP contribution in [0.4, 0.5) is 0 Å². The summed E-state index contributed by atoms with van der Waals surface area (Å²) < 4.78 is 0. The quantitative estimate of drug-likeness (QED) is 0.422. The van der Waals surface area contributed by atoms with Gasteiger partial charge in [0, 0.05) is 25.4 Å². The molecule has 2 heterocycles. The van der Waals surface area contributed by atoms with E-state index in [9.17, 15) is 0 Å². The third kappa shape index (κ3) is 4.76. The number of benzene rings is 3. The highest BCUT2D eigenvalue weighted by molar-refractivity contribution is 7.80. The van der Waals surface area contributed by atoms with Crippen LogP contribution in [0.3, 0.4) is 0 Å². The number of hydrazone groups is 1. The molecule has 3 aromatic carbocycles. The molecular weight excluding hydrogens is 426 g/mol. The predicted molar refractivity (Wildman–Crippen MR) is 137 cm³/mol. The first-order chi connectivity index (χ1) is 16.2. The van der Waals surface area contributed by atoms with E-state index >= 15 is 0 Å². The van der Waals surface area contributed by atoms with Crippen molar-refractivity contribution in [2.24, 2.45) is 5.10 Å². The Labute approximate surface area is 199 Å². The van der Waals surface area contributed by atoms with E-state index < -0.39 is 0 Å². The lowest BCUT2D eigenvalue weighted by molar-refractivity contribution is 0.364. The minimum atomic E-state index is 0.00411. The van der Waals surface area contributed by atoms with Crippen LogP contribution in [0.5, 0.6) is 0 Å². The molecule has 1 atom stereocenters. The minimum Gasteiger partial charge on any atom is -0.361 e. The molecule has 1 N–H and O–H groups in total. The Morgan fingerprint density at radius 1 is 0.970 bits per heavy atom. The highest BCUT2D eigenvalue weighted by Gasteiger charge is 2.31. The molecule has 164 valence electrons. The van der Waals surface area contributed by atoms with Crippen LogP contribution in [-0.4, -0.2) is 32.3 Å². The van der Waals surface area contributed by atoms with Gasteiger partial charge in [0.05, 0.1) is 22.8 Å². The van der Waals surface area contributed by atoms with Gasteiger partial charge in [-0.05, 0) is 54.4 Å². The Balaban J connectivity index is 1.40. The van der Waals surface area contributed by atoms with Crippen molar-refractivity contribution in [1.82, 2.24) is 20.3 Å². The minimum absolute atomic E-state index is 0.00411. The second-order valence-electron chi connectivity index (χ2n) is 8.25. The summed E-state index contributed by atoms with van der Waals surface area (Å²) in [5.74, 6) is 0. The Kier molecular flexibility index (Phi) is 6.09. The zero-order valence-electron chi connectivity index (χ0n) is 18.5. The number of nitrogens with zero attached hydrogens (tertiary/aromatic N) is 4. The molecular formula is C27H25N5S. The number of rotatable bonds is 5. The summed E-state index contributed by atoms with van der Waals surface area (Å²) in [6, 6.07) is 25.2. The van der Waals surface area contributed by atoms with E-state index in [4.69, 9.17) is 17.3 Å². The van der Waals surface area contributed by atoms with Crippen molar-refractivity contribution in [3.63, 3.8) is 0 Å². The lowest BCUT2D eigenvalue weighted by Crippen LogP contribution is -2.37. The number of fused-ring (bicyclic) bond motifs is 1. The monoisotopic (exact) mass is 451 g/mol. The lowest BCUT2D eigenvalue weighted by Gasteiger charge is -2.25. The van der Waals surface area contributed by atoms with Crippen molar-refractivity contribution in [2.45, 2.75) is 25.8 Å². The number of hydrogen-bond donors (Lipinski definition) is 1. The molecule has 4 aromatic rings. The fourth-order valence-corrected chi connectivity index (χ4v) is 4.37. The van der Waals surface area contributed by atoms with Crippen molar-refractivity contribution in [3.8, 4) is 0 Å². The van der Waals surface area contributed by atoms with E-state index in [1.54, 1.807) is 12.4 Å². The molecule has 0 radical (unpaired) electrons. The van der Waals surface area contributed by atoms with Gasteiger partial charge in [-0.3, -0.25) is 9.97 Å². The predicted octanol–water partition coefficient (Wildman–Crippen LogP) is 5.21. The van der Waals surface area contributed by atoms with Crippen LogP contribution in [0.15, 0.2) is 90.3 Å². The van der Waals surface area contributed by atoms with Crippen molar-refractivity contribution >= 4 is 34.1 Å². The van der Waals surface area contributed by atoms with Crippen LogP contribution in [-0.2, 0) is 6.42 Å². The molecule has 5 rings (SSSR count). The molecule has 0 aliphatic carbocycles. The second-order valence-corrected chi connectivity index (χ2v) is 8.64. The van der Waals surface area contributed by atoms with E-state index in [1.807, 2.05) is 17.1 Å². The zero-order valence-corrected chi connectivity index (χ0v) is 19.3. The van der Waals surface area contributed by atoms with Gasteiger partial charge in [-0.15, -0.1) is 0 Å². The smallest absolute Gasteiger partial charge is 0.190 e. The molecule has 1 aliphatic rings. The number of thiocarbonyl (C=S) groups is 1. The average molecular weight is 452 g/mol. The summed E-state index contributed by atoms with van der Waals surface area (Å²) >= 11 is 5.81. The van der Waals surface area contributed by atoms with Crippen LogP contribution >= 0.6 is 12.2 Å². The molecule has 0 saturated heterocycles. The SMILES string of the molecule is Cc1ccc(C2=NN(C(=S)NCCc3ccccc3)[C@@H](c3ccc4nccnc4c3)C2)cc1. The Morgan fingerprint density at radius 3 is 2.52 bits per heavy atom. The van der Waals surface area contributed by atoms with Crippen LogP contribution in [0.25, 0.3) is 11.0 Å². The summed E-state index contributed by atoms with van der Waals surface area (Å²) in [6.45, 7) is 2.85. The first kappa shape index (κ1) is 21.2. The van der Waals surface area contributed by atoms with Crippen LogP contribution in [0.1, 0.15) is 34.7 Å². The Morgan fingerprint density at radius 2 is 1.73 bits per heavy atom. The summed E-state index contributed by atoms with van der Waals surface area (Å²) in [5.41, 5.74) is 7.56. The van der Waals surface area contributed by atoms with Crippen molar-refractivity contribution in [3.05, 3.63) is 107 Å². The van der Waals surface area contributed by atoms with Gasteiger partial charge in [-0.1, -0.05) is 66.2 Å². The summed E-state index contributed by atoms with van der Waals surface area (Å²) in [5, 5.41) is 11.0. The van der Waals surface area contributed by atoms with Crippen molar-refractivity contribution in [1.29, 1.82) is 0 Å². The van der Waals surface area contributed by atoms with Gasteiger partial charge >= 0.3 is 0 Å². The van der Waals surface area contributed by atoms with Gasteiger partial charge in [-0.25, -0.2) is 5.01 Å². The summed E-state index contributed by atoms with van der Waals surface area (Å²) in [6.07, 6.45) is 5.12. The van der Waals surface area contributed by atoms with E-state index in [0.29, 0.717) is 5.11 Å². The molecule has 6 heteroatoms. The highest BCUT2D eigenvalue weighted by Crippen LogP contribution is 2.33.